The highest BCUT2D eigenvalue weighted by molar-refractivity contribution is 5.85. The highest BCUT2D eigenvalue weighted by Gasteiger charge is 2.50. The zero-order valence-electron chi connectivity index (χ0n) is 14.2. The van der Waals surface area contributed by atoms with E-state index in [9.17, 15) is 9.18 Å². The van der Waals surface area contributed by atoms with Crippen molar-refractivity contribution < 1.29 is 18.7 Å². The second-order valence-electron chi connectivity index (χ2n) is 6.64. The predicted octanol–water partition coefficient (Wildman–Crippen LogP) is 1.78. The van der Waals surface area contributed by atoms with Crippen molar-refractivity contribution >= 4 is 5.91 Å². The first-order valence-corrected chi connectivity index (χ1v) is 8.52. The summed E-state index contributed by atoms with van der Waals surface area (Å²) < 4.78 is 23.6. The normalized spacial score (nSPS) is 24.2. The molecule has 1 aromatic rings. The van der Waals surface area contributed by atoms with Crippen LogP contribution >= 0.6 is 0 Å². The molecule has 5 nitrogen and oxygen atoms in total. The van der Waals surface area contributed by atoms with E-state index < -0.39 is 0 Å². The van der Waals surface area contributed by atoms with Crippen molar-refractivity contribution in [2.24, 2.45) is 5.41 Å². The number of benzene rings is 1. The van der Waals surface area contributed by atoms with Crippen LogP contribution in [0.3, 0.4) is 0 Å². The number of ether oxygens (including phenoxy) is 2. The number of hydrogen-bond acceptors (Lipinski definition) is 4. The van der Waals surface area contributed by atoms with E-state index in [1.165, 1.54) is 12.1 Å². The number of rotatable bonds is 7. The van der Waals surface area contributed by atoms with Gasteiger partial charge < -0.3 is 14.4 Å². The number of hydrogen-bond donors (Lipinski definition) is 0. The van der Waals surface area contributed by atoms with E-state index in [0.29, 0.717) is 25.5 Å². The summed E-state index contributed by atoms with van der Waals surface area (Å²) >= 11 is 0. The molecule has 0 aromatic heterocycles. The van der Waals surface area contributed by atoms with Crippen LogP contribution in [0.4, 0.5) is 4.39 Å². The van der Waals surface area contributed by atoms with Gasteiger partial charge in [-0.15, -0.1) is 0 Å². The van der Waals surface area contributed by atoms with E-state index in [2.05, 4.69) is 4.90 Å². The Hall–Kier alpha value is -1.66. The van der Waals surface area contributed by atoms with E-state index in [0.717, 1.165) is 39.0 Å². The van der Waals surface area contributed by atoms with Gasteiger partial charge in [0.1, 0.15) is 18.2 Å². The maximum Gasteiger partial charge on any atom is 0.230 e. The average molecular weight is 336 g/mol. The second kappa shape index (κ2) is 7.49. The fourth-order valence-corrected chi connectivity index (χ4v) is 3.66. The zero-order valence-corrected chi connectivity index (χ0v) is 14.2. The van der Waals surface area contributed by atoms with Crippen LogP contribution in [0.1, 0.15) is 12.8 Å². The van der Waals surface area contributed by atoms with Crippen LogP contribution in [0.2, 0.25) is 0 Å². The molecule has 0 radical (unpaired) electrons. The third kappa shape index (κ3) is 3.70. The van der Waals surface area contributed by atoms with Gasteiger partial charge in [-0.2, -0.15) is 0 Å². The molecule has 0 N–H and O–H groups in total. The van der Waals surface area contributed by atoms with Gasteiger partial charge >= 0.3 is 0 Å². The number of carbonyl (C=O) groups excluding carboxylic acids is 1. The van der Waals surface area contributed by atoms with Crippen molar-refractivity contribution in [1.29, 1.82) is 0 Å². The van der Waals surface area contributed by atoms with Gasteiger partial charge in [0.15, 0.2) is 0 Å². The van der Waals surface area contributed by atoms with Crippen LogP contribution in [-0.2, 0) is 9.53 Å². The van der Waals surface area contributed by atoms with Gasteiger partial charge in [0.2, 0.25) is 5.91 Å². The molecule has 2 aliphatic heterocycles. The molecule has 132 valence electrons. The summed E-state index contributed by atoms with van der Waals surface area (Å²) in [5.41, 5.74) is -0.205. The molecular weight excluding hydrogens is 311 g/mol. The van der Waals surface area contributed by atoms with E-state index in [-0.39, 0.29) is 17.1 Å². The summed E-state index contributed by atoms with van der Waals surface area (Å²) in [4.78, 5) is 16.9. The SMILES string of the molecule is COCCN1CCC2(CCN(CCOc3ccc(F)cc3)C2)C1=O. The minimum absolute atomic E-state index is 0.205. The molecule has 24 heavy (non-hydrogen) atoms. The van der Waals surface area contributed by atoms with E-state index in [4.69, 9.17) is 9.47 Å². The highest BCUT2D eigenvalue weighted by Crippen LogP contribution is 2.40. The summed E-state index contributed by atoms with van der Waals surface area (Å²) in [6.07, 6.45) is 1.86. The second-order valence-corrected chi connectivity index (χ2v) is 6.64. The zero-order chi connectivity index (χ0) is 17.0. The minimum atomic E-state index is -0.262. The molecule has 6 heteroatoms. The largest absolute Gasteiger partial charge is 0.492 e. The summed E-state index contributed by atoms with van der Waals surface area (Å²) in [6, 6.07) is 6.06. The molecule has 2 heterocycles. The first-order valence-electron chi connectivity index (χ1n) is 8.52. The van der Waals surface area contributed by atoms with Crippen LogP contribution in [0.5, 0.6) is 5.75 Å². The van der Waals surface area contributed by atoms with Crippen LogP contribution < -0.4 is 4.74 Å². The Morgan fingerprint density at radius 1 is 1.12 bits per heavy atom. The predicted molar refractivity (Wildman–Crippen MR) is 88.5 cm³/mol. The Kier molecular flexibility index (Phi) is 5.36. The number of methoxy groups -OCH3 is 1. The molecule has 1 unspecified atom stereocenters. The fraction of sp³-hybridized carbons (Fsp3) is 0.611. The smallest absolute Gasteiger partial charge is 0.230 e. The van der Waals surface area contributed by atoms with Crippen molar-refractivity contribution in [3.8, 4) is 5.75 Å². The van der Waals surface area contributed by atoms with E-state index >= 15 is 0 Å². The van der Waals surface area contributed by atoms with Gasteiger partial charge in [0, 0.05) is 33.3 Å². The lowest BCUT2D eigenvalue weighted by Crippen LogP contribution is -2.38. The van der Waals surface area contributed by atoms with E-state index in [1.807, 2.05) is 4.90 Å². The van der Waals surface area contributed by atoms with Crippen LogP contribution in [0.15, 0.2) is 24.3 Å². The first kappa shape index (κ1) is 17.2. The van der Waals surface area contributed by atoms with Crippen LogP contribution in [-0.4, -0.2) is 68.8 Å². The molecule has 1 atom stereocenters. The van der Waals surface area contributed by atoms with Crippen molar-refractivity contribution in [2.75, 3.05) is 53.0 Å². The van der Waals surface area contributed by atoms with Crippen molar-refractivity contribution in [3.63, 3.8) is 0 Å². The summed E-state index contributed by atoms with van der Waals surface area (Å²) in [5.74, 6) is 0.691. The molecular formula is C18H25FN2O3. The number of carbonyl (C=O) groups is 1. The molecule has 1 aromatic carbocycles. The lowest BCUT2D eigenvalue weighted by Gasteiger charge is -2.23. The maximum atomic E-state index is 12.9. The molecule has 0 bridgehead atoms. The molecule has 2 saturated heterocycles. The number of likely N-dealkylation sites (tertiary alicyclic amines) is 2. The van der Waals surface area contributed by atoms with Gasteiger partial charge in [0.25, 0.3) is 0 Å². The van der Waals surface area contributed by atoms with Gasteiger partial charge in [-0.05, 0) is 43.7 Å². The Labute approximate surface area is 142 Å². The standard InChI is InChI=1S/C18H25FN2O3/c1-23-12-11-21-9-7-18(17(21)22)6-8-20(14-18)10-13-24-16-4-2-15(19)3-5-16/h2-5H,6-14H2,1H3. The number of nitrogens with zero attached hydrogens (tertiary/aromatic N) is 2. The van der Waals surface area contributed by atoms with Crippen molar-refractivity contribution in [1.82, 2.24) is 9.80 Å². The Morgan fingerprint density at radius 3 is 2.62 bits per heavy atom. The van der Waals surface area contributed by atoms with Gasteiger partial charge in [0.05, 0.1) is 12.0 Å². The van der Waals surface area contributed by atoms with Crippen molar-refractivity contribution in [3.05, 3.63) is 30.1 Å². The molecule has 3 rings (SSSR count). The molecule has 1 spiro atoms. The molecule has 0 saturated carbocycles. The van der Waals surface area contributed by atoms with Crippen LogP contribution in [0.25, 0.3) is 0 Å². The lowest BCUT2D eigenvalue weighted by molar-refractivity contribution is -0.136. The molecule has 1 amide bonds. The van der Waals surface area contributed by atoms with Gasteiger partial charge in [-0.1, -0.05) is 0 Å². The monoisotopic (exact) mass is 336 g/mol. The quantitative estimate of drug-likeness (QED) is 0.761. The lowest BCUT2D eigenvalue weighted by atomic mass is 9.85. The highest BCUT2D eigenvalue weighted by atomic mass is 19.1. The molecule has 0 aliphatic carbocycles. The average Bonchev–Trinajstić information content (AvgIpc) is 3.13. The maximum absolute atomic E-state index is 12.9. The summed E-state index contributed by atoms with van der Waals surface area (Å²) in [6.45, 7) is 5.18. The summed E-state index contributed by atoms with van der Waals surface area (Å²) in [7, 11) is 1.66. The molecule has 2 fully saturated rings. The summed E-state index contributed by atoms with van der Waals surface area (Å²) in [5, 5.41) is 0. The fourth-order valence-electron chi connectivity index (χ4n) is 3.66. The Morgan fingerprint density at radius 2 is 1.88 bits per heavy atom. The topological polar surface area (TPSA) is 42.0 Å². The van der Waals surface area contributed by atoms with Crippen molar-refractivity contribution in [2.45, 2.75) is 12.8 Å². The Balaban J connectivity index is 1.45. The third-order valence-electron chi connectivity index (χ3n) is 5.09. The van der Waals surface area contributed by atoms with Gasteiger partial charge in [-0.25, -0.2) is 4.39 Å². The Bertz CT molecular complexity index is 566. The molecule has 2 aliphatic rings. The van der Waals surface area contributed by atoms with E-state index in [1.54, 1.807) is 19.2 Å². The van der Waals surface area contributed by atoms with Crippen LogP contribution in [0, 0.1) is 11.2 Å². The minimum Gasteiger partial charge on any atom is -0.492 e. The third-order valence-corrected chi connectivity index (χ3v) is 5.09. The number of amides is 1. The number of halogens is 1. The van der Waals surface area contributed by atoms with Gasteiger partial charge in [-0.3, -0.25) is 9.69 Å². The first-order chi connectivity index (χ1) is 11.6.